The summed E-state index contributed by atoms with van der Waals surface area (Å²) in [6, 6.07) is 31.7. The van der Waals surface area contributed by atoms with E-state index in [9.17, 15) is 18.0 Å². The number of aromatic nitrogens is 1. The standard InChI is InChI=1S/C33H27ClF3N3OS/c34-28-16-14-23(15-17-28)19-40(20-24-8-7-13-27(18-24)33(35,36)37)21-30-38-29(22-42-30)32(41)39-31(25-9-3-1-4-10-25)26-11-5-2-6-12-26/h1-18,22,31H,19-21H2,(H,39,41). The summed E-state index contributed by atoms with van der Waals surface area (Å²) in [6.45, 7) is 1.06. The van der Waals surface area contributed by atoms with Gasteiger partial charge in [-0.25, -0.2) is 4.98 Å². The zero-order chi connectivity index (χ0) is 29.5. The van der Waals surface area contributed by atoms with Gasteiger partial charge in [-0.15, -0.1) is 11.3 Å². The van der Waals surface area contributed by atoms with E-state index in [1.165, 1.54) is 23.5 Å². The fraction of sp³-hybridized carbons (Fsp3) is 0.152. The lowest BCUT2D eigenvalue weighted by Crippen LogP contribution is -2.29. The topological polar surface area (TPSA) is 45.2 Å². The first-order valence-electron chi connectivity index (χ1n) is 13.2. The average molecular weight is 606 g/mol. The van der Waals surface area contributed by atoms with Crippen LogP contribution >= 0.6 is 22.9 Å². The first-order valence-corrected chi connectivity index (χ1v) is 14.5. The number of nitrogens with one attached hydrogen (secondary N) is 1. The molecule has 0 spiro atoms. The van der Waals surface area contributed by atoms with Crippen LogP contribution in [-0.4, -0.2) is 15.8 Å². The minimum atomic E-state index is -4.42. The van der Waals surface area contributed by atoms with Gasteiger partial charge in [-0.3, -0.25) is 9.69 Å². The fourth-order valence-corrected chi connectivity index (χ4v) is 5.60. The molecule has 0 saturated carbocycles. The number of benzene rings is 4. The van der Waals surface area contributed by atoms with Crippen LogP contribution in [0.2, 0.25) is 5.02 Å². The molecule has 1 heterocycles. The number of amides is 1. The number of alkyl halides is 3. The van der Waals surface area contributed by atoms with Crippen molar-refractivity contribution in [2.45, 2.75) is 31.9 Å². The number of rotatable bonds is 10. The molecular formula is C33H27ClF3N3OS. The zero-order valence-corrected chi connectivity index (χ0v) is 24.0. The van der Waals surface area contributed by atoms with Crippen molar-refractivity contribution >= 4 is 28.8 Å². The highest BCUT2D eigenvalue weighted by Gasteiger charge is 2.30. The summed E-state index contributed by atoms with van der Waals surface area (Å²) < 4.78 is 40.1. The molecule has 1 amide bonds. The molecule has 0 saturated heterocycles. The summed E-state index contributed by atoms with van der Waals surface area (Å²) in [7, 11) is 0. The largest absolute Gasteiger partial charge is 0.416 e. The molecular weight excluding hydrogens is 579 g/mol. The van der Waals surface area contributed by atoms with E-state index in [0.29, 0.717) is 28.7 Å². The van der Waals surface area contributed by atoms with Gasteiger partial charge in [0.25, 0.3) is 5.91 Å². The molecule has 0 bridgehead atoms. The second-order valence-electron chi connectivity index (χ2n) is 9.82. The van der Waals surface area contributed by atoms with Gasteiger partial charge < -0.3 is 5.32 Å². The third-order valence-electron chi connectivity index (χ3n) is 6.66. The van der Waals surface area contributed by atoms with Gasteiger partial charge >= 0.3 is 6.18 Å². The molecule has 0 radical (unpaired) electrons. The van der Waals surface area contributed by atoms with E-state index in [1.807, 2.05) is 77.7 Å². The Kier molecular flexibility index (Phi) is 9.37. The van der Waals surface area contributed by atoms with Crippen molar-refractivity contribution in [3.63, 3.8) is 0 Å². The van der Waals surface area contributed by atoms with E-state index < -0.39 is 11.7 Å². The quantitative estimate of drug-likeness (QED) is 0.173. The third kappa shape index (κ3) is 7.85. The fourth-order valence-electron chi connectivity index (χ4n) is 4.65. The minimum Gasteiger partial charge on any atom is -0.340 e. The van der Waals surface area contributed by atoms with Crippen molar-refractivity contribution in [3.8, 4) is 0 Å². The number of carbonyl (C=O) groups excluding carboxylic acids is 1. The SMILES string of the molecule is O=C(NC(c1ccccc1)c1ccccc1)c1csc(CN(Cc2ccc(Cl)cc2)Cc2cccc(C(F)(F)F)c2)n1. The lowest BCUT2D eigenvalue weighted by atomic mass is 9.98. The molecule has 42 heavy (non-hydrogen) atoms. The summed E-state index contributed by atoms with van der Waals surface area (Å²) >= 11 is 7.39. The maximum Gasteiger partial charge on any atom is 0.416 e. The van der Waals surface area contributed by atoms with Gasteiger partial charge in [-0.2, -0.15) is 13.2 Å². The second kappa shape index (κ2) is 13.3. The molecule has 9 heteroatoms. The van der Waals surface area contributed by atoms with Crippen molar-refractivity contribution in [1.82, 2.24) is 15.2 Å². The van der Waals surface area contributed by atoms with Gasteiger partial charge in [0.15, 0.2) is 0 Å². The van der Waals surface area contributed by atoms with Crippen LogP contribution in [0, 0.1) is 0 Å². The predicted octanol–water partition coefficient (Wildman–Crippen LogP) is 8.54. The second-order valence-corrected chi connectivity index (χ2v) is 11.2. The number of carbonyl (C=O) groups is 1. The summed E-state index contributed by atoms with van der Waals surface area (Å²) in [4.78, 5) is 20.0. The smallest absolute Gasteiger partial charge is 0.340 e. The zero-order valence-electron chi connectivity index (χ0n) is 22.4. The number of hydrogen-bond donors (Lipinski definition) is 1. The molecule has 4 aromatic carbocycles. The molecule has 0 unspecified atom stereocenters. The van der Waals surface area contributed by atoms with Gasteiger partial charge in [0.05, 0.1) is 18.2 Å². The van der Waals surface area contributed by atoms with E-state index >= 15 is 0 Å². The van der Waals surface area contributed by atoms with E-state index in [4.69, 9.17) is 11.6 Å². The first-order chi connectivity index (χ1) is 20.2. The summed E-state index contributed by atoms with van der Waals surface area (Å²) in [6.07, 6.45) is -4.42. The Hall–Kier alpha value is -3.98. The van der Waals surface area contributed by atoms with Gasteiger partial charge in [-0.05, 0) is 40.5 Å². The number of thiazole rings is 1. The highest BCUT2D eigenvalue weighted by Crippen LogP contribution is 2.30. The van der Waals surface area contributed by atoms with Gasteiger partial charge in [0.2, 0.25) is 0 Å². The third-order valence-corrected chi connectivity index (χ3v) is 7.75. The maximum atomic E-state index is 13.4. The van der Waals surface area contributed by atoms with Crippen LogP contribution in [0.3, 0.4) is 0 Å². The normalized spacial score (nSPS) is 11.7. The highest BCUT2D eigenvalue weighted by atomic mass is 35.5. The minimum absolute atomic E-state index is 0.262. The van der Waals surface area contributed by atoms with Gasteiger partial charge in [0, 0.05) is 23.5 Å². The molecule has 1 aromatic heterocycles. The van der Waals surface area contributed by atoms with Gasteiger partial charge in [0.1, 0.15) is 10.7 Å². The Morgan fingerprint density at radius 1 is 0.810 bits per heavy atom. The average Bonchev–Trinajstić information content (AvgIpc) is 3.46. The molecule has 0 aliphatic rings. The summed E-state index contributed by atoms with van der Waals surface area (Å²) in [5.74, 6) is -0.308. The first kappa shape index (κ1) is 29.5. The Balaban J connectivity index is 1.35. The predicted molar refractivity (Wildman–Crippen MR) is 160 cm³/mol. The Labute approximate surface area is 251 Å². The van der Waals surface area contributed by atoms with Crippen molar-refractivity contribution in [2.24, 2.45) is 0 Å². The lowest BCUT2D eigenvalue weighted by Gasteiger charge is -2.22. The molecule has 4 nitrogen and oxygen atoms in total. The van der Waals surface area contributed by atoms with Crippen molar-refractivity contribution in [2.75, 3.05) is 0 Å². The molecule has 0 aliphatic carbocycles. The maximum absolute atomic E-state index is 13.4. The summed E-state index contributed by atoms with van der Waals surface area (Å²) in [5.41, 5.74) is 2.98. The monoisotopic (exact) mass is 605 g/mol. The van der Waals surface area contributed by atoms with Crippen LogP contribution in [0.5, 0.6) is 0 Å². The number of halogens is 4. The number of hydrogen-bond acceptors (Lipinski definition) is 4. The molecule has 5 rings (SSSR count). The van der Waals surface area contributed by atoms with E-state index in [2.05, 4.69) is 10.3 Å². The van der Waals surface area contributed by atoms with Crippen LogP contribution in [0.1, 0.15) is 49.4 Å². The van der Waals surface area contributed by atoms with Crippen LogP contribution in [0.25, 0.3) is 0 Å². The van der Waals surface area contributed by atoms with Crippen molar-refractivity contribution in [1.29, 1.82) is 0 Å². The van der Waals surface area contributed by atoms with Crippen molar-refractivity contribution in [3.05, 3.63) is 158 Å². The van der Waals surface area contributed by atoms with Gasteiger partial charge in [-0.1, -0.05) is 103 Å². The Bertz CT molecular complexity index is 1570. The Morgan fingerprint density at radius 3 is 2.05 bits per heavy atom. The molecule has 214 valence electrons. The van der Waals surface area contributed by atoms with Crippen LogP contribution < -0.4 is 5.32 Å². The summed E-state index contributed by atoms with van der Waals surface area (Å²) in [5, 5.41) is 6.10. The molecule has 1 N–H and O–H groups in total. The van der Waals surface area contributed by atoms with Crippen LogP contribution in [0.4, 0.5) is 13.2 Å². The van der Waals surface area contributed by atoms with Crippen molar-refractivity contribution < 1.29 is 18.0 Å². The molecule has 0 aliphatic heterocycles. The van der Waals surface area contributed by atoms with E-state index in [0.717, 1.165) is 22.8 Å². The lowest BCUT2D eigenvalue weighted by molar-refractivity contribution is -0.137. The molecule has 5 aromatic rings. The highest BCUT2D eigenvalue weighted by molar-refractivity contribution is 7.09. The molecule has 0 fully saturated rings. The molecule has 0 atom stereocenters. The number of nitrogens with zero attached hydrogens (tertiary/aromatic N) is 2. The Morgan fingerprint density at radius 2 is 1.43 bits per heavy atom. The van der Waals surface area contributed by atoms with Crippen LogP contribution in [-0.2, 0) is 25.8 Å². The van der Waals surface area contributed by atoms with Crippen LogP contribution in [0.15, 0.2) is 115 Å². The van der Waals surface area contributed by atoms with E-state index in [-0.39, 0.29) is 24.2 Å². The van der Waals surface area contributed by atoms with E-state index in [1.54, 1.807) is 23.6 Å².